The molecule has 1 aromatic carbocycles. The van der Waals surface area contributed by atoms with Gasteiger partial charge < -0.3 is 10.4 Å². The fourth-order valence-corrected chi connectivity index (χ4v) is 1.60. The van der Waals surface area contributed by atoms with Crippen molar-refractivity contribution in [2.45, 2.75) is 13.0 Å². The molecule has 1 unspecified atom stereocenters. The van der Waals surface area contributed by atoms with Gasteiger partial charge in [0.2, 0.25) is 0 Å². The number of nitrogens with one attached hydrogen (secondary N) is 1. The minimum Gasteiger partial charge on any atom is -0.507 e. The summed E-state index contributed by atoms with van der Waals surface area (Å²) in [5.41, 5.74) is 0.277. The van der Waals surface area contributed by atoms with Crippen LogP contribution >= 0.6 is 34.2 Å². The van der Waals surface area contributed by atoms with Gasteiger partial charge in [-0.25, -0.2) is 0 Å². The molecule has 1 aromatic rings. The molecule has 0 heterocycles. The zero-order valence-corrected chi connectivity index (χ0v) is 11.0. The maximum atomic E-state index is 11.7. The quantitative estimate of drug-likeness (QED) is 0.656. The Morgan fingerprint density at radius 3 is 2.93 bits per heavy atom. The number of carbonyl (C=O) groups excluding carboxylic acids is 1. The van der Waals surface area contributed by atoms with Gasteiger partial charge in [-0.15, -0.1) is 11.6 Å². The third-order valence-corrected chi connectivity index (χ3v) is 2.95. The van der Waals surface area contributed by atoms with E-state index in [2.05, 4.69) is 27.9 Å². The second-order valence-corrected chi connectivity index (χ2v) is 4.74. The van der Waals surface area contributed by atoms with Crippen molar-refractivity contribution in [3.05, 3.63) is 27.3 Å². The Balaban J connectivity index is 2.86. The highest BCUT2D eigenvalue weighted by Crippen LogP contribution is 2.19. The lowest BCUT2D eigenvalue weighted by Gasteiger charge is -2.11. The van der Waals surface area contributed by atoms with Gasteiger partial charge in [0.25, 0.3) is 5.91 Å². The number of hydrogen-bond acceptors (Lipinski definition) is 2. The first kappa shape index (κ1) is 12.6. The molecular weight excluding hydrogens is 328 g/mol. The fourth-order valence-electron chi connectivity index (χ4n) is 1.03. The van der Waals surface area contributed by atoms with Crippen LogP contribution < -0.4 is 5.32 Å². The van der Waals surface area contributed by atoms with Crippen molar-refractivity contribution in [2.75, 3.05) is 5.88 Å². The van der Waals surface area contributed by atoms with Crippen LogP contribution in [0.15, 0.2) is 18.2 Å². The molecule has 0 saturated carbocycles. The Kier molecular flexibility index (Phi) is 4.66. The number of amides is 1. The first-order valence-electron chi connectivity index (χ1n) is 4.40. The Morgan fingerprint density at radius 1 is 1.67 bits per heavy atom. The summed E-state index contributed by atoms with van der Waals surface area (Å²) >= 11 is 7.66. The number of alkyl halides is 1. The Bertz CT molecular complexity index is 370. The Labute approximate surface area is 107 Å². The molecule has 2 N–H and O–H groups in total. The SMILES string of the molecule is CC(CCl)NC(=O)c1cc(I)ccc1O. The average Bonchev–Trinajstić information content (AvgIpc) is 2.21. The summed E-state index contributed by atoms with van der Waals surface area (Å²) in [5.74, 6) is 0.0185. The summed E-state index contributed by atoms with van der Waals surface area (Å²) in [4.78, 5) is 11.7. The normalized spacial score (nSPS) is 12.2. The van der Waals surface area contributed by atoms with E-state index < -0.39 is 0 Å². The van der Waals surface area contributed by atoms with Gasteiger partial charge in [0.15, 0.2) is 0 Å². The van der Waals surface area contributed by atoms with Gasteiger partial charge in [0, 0.05) is 15.5 Å². The highest BCUT2D eigenvalue weighted by atomic mass is 127. The third-order valence-electron chi connectivity index (χ3n) is 1.81. The lowest BCUT2D eigenvalue weighted by Crippen LogP contribution is -2.33. The van der Waals surface area contributed by atoms with Gasteiger partial charge >= 0.3 is 0 Å². The van der Waals surface area contributed by atoms with Crippen LogP contribution in [0, 0.1) is 3.57 Å². The van der Waals surface area contributed by atoms with Crippen molar-refractivity contribution in [1.82, 2.24) is 5.32 Å². The maximum absolute atomic E-state index is 11.7. The molecule has 0 aliphatic heterocycles. The van der Waals surface area contributed by atoms with E-state index in [1.165, 1.54) is 6.07 Å². The second-order valence-electron chi connectivity index (χ2n) is 3.19. The number of phenolic OH excluding ortho intramolecular Hbond substituents is 1. The highest BCUT2D eigenvalue weighted by Gasteiger charge is 2.13. The topological polar surface area (TPSA) is 49.3 Å². The molecule has 0 bridgehead atoms. The number of aromatic hydroxyl groups is 1. The summed E-state index contributed by atoms with van der Waals surface area (Å²) in [5, 5.41) is 12.2. The third kappa shape index (κ3) is 3.53. The molecule has 1 atom stereocenters. The predicted octanol–water partition coefficient (Wildman–Crippen LogP) is 2.35. The van der Waals surface area contributed by atoms with Crippen LogP contribution in [0.2, 0.25) is 0 Å². The lowest BCUT2D eigenvalue weighted by molar-refractivity contribution is 0.0941. The maximum Gasteiger partial charge on any atom is 0.255 e. The molecule has 15 heavy (non-hydrogen) atoms. The zero-order valence-electron chi connectivity index (χ0n) is 8.13. The van der Waals surface area contributed by atoms with Crippen molar-refractivity contribution in [3.63, 3.8) is 0 Å². The predicted molar refractivity (Wildman–Crippen MR) is 68.5 cm³/mol. The van der Waals surface area contributed by atoms with E-state index in [0.29, 0.717) is 5.88 Å². The summed E-state index contributed by atoms with van der Waals surface area (Å²) in [6.45, 7) is 1.80. The van der Waals surface area contributed by atoms with Crippen LogP contribution in [0.3, 0.4) is 0 Å². The van der Waals surface area contributed by atoms with Crippen LogP contribution in [0.5, 0.6) is 5.75 Å². The Hall–Kier alpha value is -0.490. The van der Waals surface area contributed by atoms with Gasteiger partial charge in [0.1, 0.15) is 5.75 Å². The van der Waals surface area contributed by atoms with Gasteiger partial charge in [-0.1, -0.05) is 0 Å². The van der Waals surface area contributed by atoms with Gasteiger partial charge in [-0.05, 0) is 47.7 Å². The van der Waals surface area contributed by atoms with Crippen molar-refractivity contribution in [1.29, 1.82) is 0 Å². The molecule has 1 amide bonds. The molecule has 0 aromatic heterocycles. The molecule has 0 aliphatic carbocycles. The van der Waals surface area contributed by atoms with Gasteiger partial charge in [-0.3, -0.25) is 4.79 Å². The standard InChI is InChI=1S/C10H11ClINO2/c1-6(5-11)13-10(15)8-4-7(12)2-3-9(8)14/h2-4,6,14H,5H2,1H3,(H,13,15). The minimum absolute atomic E-state index is 0.0188. The number of carbonyl (C=O) groups is 1. The van der Waals surface area contributed by atoms with E-state index in [1.807, 2.05) is 0 Å². The van der Waals surface area contributed by atoms with E-state index in [4.69, 9.17) is 11.6 Å². The number of halogens is 2. The van der Waals surface area contributed by atoms with Gasteiger partial charge in [-0.2, -0.15) is 0 Å². The molecule has 82 valence electrons. The van der Waals surface area contributed by atoms with Crippen molar-refractivity contribution in [3.8, 4) is 5.75 Å². The molecule has 0 spiro atoms. The van der Waals surface area contributed by atoms with Crippen LogP contribution in [-0.4, -0.2) is 22.9 Å². The molecule has 3 nitrogen and oxygen atoms in total. The van der Waals surface area contributed by atoms with E-state index in [9.17, 15) is 9.90 Å². The number of phenols is 1. The minimum atomic E-state index is -0.306. The Morgan fingerprint density at radius 2 is 2.33 bits per heavy atom. The number of hydrogen-bond donors (Lipinski definition) is 2. The molecular formula is C10H11ClINO2. The van der Waals surface area contributed by atoms with E-state index in [0.717, 1.165) is 3.57 Å². The number of rotatable bonds is 3. The summed E-state index contributed by atoms with van der Waals surface area (Å²) in [7, 11) is 0. The molecule has 5 heteroatoms. The molecule has 0 saturated heterocycles. The smallest absolute Gasteiger partial charge is 0.255 e. The second kappa shape index (κ2) is 5.55. The van der Waals surface area contributed by atoms with Crippen LogP contribution in [0.4, 0.5) is 0 Å². The van der Waals surface area contributed by atoms with Crippen molar-refractivity contribution < 1.29 is 9.90 Å². The highest BCUT2D eigenvalue weighted by molar-refractivity contribution is 14.1. The van der Waals surface area contributed by atoms with Crippen molar-refractivity contribution >= 4 is 40.1 Å². The molecule has 0 radical (unpaired) electrons. The average molecular weight is 340 g/mol. The zero-order chi connectivity index (χ0) is 11.4. The monoisotopic (exact) mass is 339 g/mol. The summed E-state index contributed by atoms with van der Waals surface area (Å²) < 4.78 is 0.897. The molecule has 0 aliphatic rings. The summed E-state index contributed by atoms with van der Waals surface area (Å²) in [6, 6.07) is 4.75. The van der Waals surface area contributed by atoms with Crippen LogP contribution in [-0.2, 0) is 0 Å². The van der Waals surface area contributed by atoms with Crippen LogP contribution in [0.25, 0.3) is 0 Å². The molecule has 0 fully saturated rings. The first-order valence-corrected chi connectivity index (χ1v) is 6.01. The number of benzene rings is 1. The fraction of sp³-hybridized carbons (Fsp3) is 0.300. The van der Waals surface area contributed by atoms with E-state index in [1.54, 1.807) is 19.1 Å². The van der Waals surface area contributed by atoms with Crippen molar-refractivity contribution in [2.24, 2.45) is 0 Å². The van der Waals surface area contributed by atoms with Gasteiger partial charge in [0.05, 0.1) is 5.56 Å². The first-order chi connectivity index (χ1) is 7.04. The van der Waals surface area contributed by atoms with Crippen LogP contribution in [0.1, 0.15) is 17.3 Å². The van der Waals surface area contributed by atoms with E-state index in [-0.39, 0.29) is 23.3 Å². The largest absolute Gasteiger partial charge is 0.507 e. The molecule has 1 rings (SSSR count). The summed E-state index contributed by atoms with van der Waals surface area (Å²) in [6.07, 6.45) is 0. The van der Waals surface area contributed by atoms with E-state index >= 15 is 0 Å². The lowest BCUT2D eigenvalue weighted by atomic mass is 10.2.